The highest BCUT2D eigenvalue weighted by atomic mass is 16.6. The second-order valence-corrected chi connectivity index (χ2v) is 6.65. The molecule has 0 aromatic carbocycles. The average Bonchev–Trinajstić information content (AvgIpc) is 2.95. The Kier molecular flexibility index (Phi) is 4.31. The molecule has 0 N–H and O–H groups in total. The van der Waals surface area contributed by atoms with Gasteiger partial charge in [0.25, 0.3) is 0 Å². The summed E-state index contributed by atoms with van der Waals surface area (Å²) in [4.78, 5) is 38.1. The lowest BCUT2D eigenvalue weighted by atomic mass is 9.79. The highest BCUT2D eigenvalue weighted by Gasteiger charge is 2.55. The zero-order chi connectivity index (χ0) is 16.5. The average molecular weight is 309 g/mol. The van der Waals surface area contributed by atoms with Crippen molar-refractivity contribution in [3.05, 3.63) is 11.6 Å². The van der Waals surface area contributed by atoms with Crippen molar-refractivity contribution in [3.63, 3.8) is 0 Å². The van der Waals surface area contributed by atoms with Crippen LogP contribution in [0.1, 0.15) is 47.0 Å². The first-order valence-corrected chi connectivity index (χ1v) is 7.64. The highest BCUT2D eigenvalue weighted by molar-refractivity contribution is 6.06. The van der Waals surface area contributed by atoms with Crippen molar-refractivity contribution in [3.8, 4) is 0 Å². The molecule has 0 radical (unpaired) electrons. The minimum Gasteiger partial charge on any atom is -0.463 e. The number of likely N-dealkylation sites (tertiary alicyclic amines) is 1. The Morgan fingerprint density at radius 1 is 1.32 bits per heavy atom. The van der Waals surface area contributed by atoms with Gasteiger partial charge in [0.2, 0.25) is 5.91 Å². The van der Waals surface area contributed by atoms with E-state index >= 15 is 0 Å². The minimum absolute atomic E-state index is 0.260. The summed E-state index contributed by atoms with van der Waals surface area (Å²) in [5.41, 5.74) is -1.18. The van der Waals surface area contributed by atoms with E-state index in [-0.39, 0.29) is 19.1 Å². The van der Waals surface area contributed by atoms with E-state index in [9.17, 15) is 14.4 Å². The number of ether oxygens (including phenoxy) is 2. The molecule has 1 fully saturated rings. The third-order valence-corrected chi connectivity index (χ3v) is 3.96. The Balaban J connectivity index is 2.18. The summed E-state index contributed by atoms with van der Waals surface area (Å²) in [5, 5.41) is 0. The molecule has 22 heavy (non-hydrogen) atoms. The first-order chi connectivity index (χ1) is 10.2. The quantitative estimate of drug-likeness (QED) is 0.732. The van der Waals surface area contributed by atoms with Gasteiger partial charge in [-0.05, 0) is 47.0 Å². The largest absolute Gasteiger partial charge is 0.463 e. The molecular formula is C16H23NO5. The number of carbonyl (C=O) groups excluding carboxylic acids is 3. The van der Waals surface area contributed by atoms with Crippen LogP contribution in [0.4, 0.5) is 4.79 Å². The smallest absolute Gasteiger partial charge is 0.417 e. The van der Waals surface area contributed by atoms with Gasteiger partial charge >= 0.3 is 12.1 Å². The number of allylic oxidation sites excluding steroid dienone is 1. The Morgan fingerprint density at radius 2 is 2.00 bits per heavy atom. The number of amides is 2. The van der Waals surface area contributed by atoms with Crippen LogP contribution in [-0.2, 0) is 19.1 Å². The van der Waals surface area contributed by atoms with Gasteiger partial charge < -0.3 is 9.47 Å². The Hall–Kier alpha value is -1.85. The summed E-state index contributed by atoms with van der Waals surface area (Å²) in [6, 6.07) is 0. The molecule has 0 unspecified atom stereocenters. The molecule has 1 atom stereocenters. The van der Waals surface area contributed by atoms with E-state index in [1.807, 2.05) is 0 Å². The second kappa shape index (κ2) is 5.74. The summed E-state index contributed by atoms with van der Waals surface area (Å²) in [6.07, 6.45) is 2.73. The maximum Gasteiger partial charge on any atom is 0.417 e. The van der Waals surface area contributed by atoms with Gasteiger partial charge in [-0.2, -0.15) is 0 Å². The van der Waals surface area contributed by atoms with Crippen molar-refractivity contribution in [1.29, 1.82) is 0 Å². The summed E-state index contributed by atoms with van der Waals surface area (Å²) in [6.45, 7) is 7.51. The van der Waals surface area contributed by atoms with Gasteiger partial charge in [-0.3, -0.25) is 4.79 Å². The molecule has 1 heterocycles. The fourth-order valence-corrected chi connectivity index (χ4v) is 3.02. The molecule has 2 amide bonds. The zero-order valence-electron chi connectivity index (χ0n) is 13.6. The van der Waals surface area contributed by atoms with Crippen LogP contribution < -0.4 is 0 Å². The van der Waals surface area contributed by atoms with Crippen molar-refractivity contribution in [2.75, 3.05) is 13.2 Å². The maximum atomic E-state index is 12.8. The lowest BCUT2D eigenvalue weighted by Crippen LogP contribution is -2.42. The predicted molar refractivity (Wildman–Crippen MR) is 78.9 cm³/mol. The normalized spacial score (nSPS) is 24.6. The van der Waals surface area contributed by atoms with Crippen molar-refractivity contribution < 1.29 is 23.9 Å². The molecule has 1 saturated heterocycles. The van der Waals surface area contributed by atoms with Crippen molar-refractivity contribution >= 4 is 18.0 Å². The van der Waals surface area contributed by atoms with Gasteiger partial charge in [-0.25, -0.2) is 14.5 Å². The summed E-state index contributed by atoms with van der Waals surface area (Å²) < 4.78 is 10.3. The van der Waals surface area contributed by atoms with Crippen molar-refractivity contribution in [2.24, 2.45) is 5.41 Å². The van der Waals surface area contributed by atoms with Gasteiger partial charge in [0.1, 0.15) is 5.60 Å². The topological polar surface area (TPSA) is 72.9 Å². The Morgan fingerprint density at radius 3 is 2.59 bits per heavy atom. The molecule has 2 rings (SSSR count). The number of rotatable bonds is 2. The molecule has 1 aliphatic carbocycles. The predicted octanol–water partition coefficient (Wildman–Crippen LogP) is 2.42. The lowest BCUT2D eigenvalue weighted by molar-refractivity contribution is -0.143. The van der Waals surface area contributed by atoms with Crippen LogP contribution >= 0.6 is 0 Å². The zero-order valence-corrected chi connectivity index (χ0v) is 13.6. The first-order valence-electron chi connectivity index (χ1n) is 7.64. The van der Waals surface area contributed by atoms with E-state index in [1.165, 1.54) is 0 Å². The Bertz CT molecular complexity index is 531. The van der Waals surface area contributed by atoms with Gasteiger partial charge in [-0.15, -0.1) is 0 Å². The lowest BCUT2D eigenvalue weighted by Gasteiger charge is -2.26. The molecule has 122 valence electrons. The number of esters is 1. The molecular weight excluding hydrogens is 286 g/mol. The van der Waals surface area contributed by atoms with E-state index in [0.717, 1.165) is 4.90 Å². The molecule has 6 heteroatoms. The van der Waals surface area contributed by atoms with E-state index in [4.69, 9.17) is 9.47 Å². The highest BCUT2D eigenvalue weighted by Crippen LogP contribution is 2.48. The summed E-state index contributed by atoms with van der Waals surface area (Å²) in [5.74, 6) is -0.807. The van der Waals surface area contributed by atoms with Crippen LogP contribution in [0, 0.1) is 5.41 Å². The van der Waals surface area contributed by atoms with E-state index < -0.39 is 23.1 Å². The summed E-state index contributed by atoms with van der Waals surface area (Å²) >= 11 is 0. The Labute approximate surface area is 130 Å². The molecule has 0 aromatic heterocycles. The minimum atomic E-state index is -0.914. The third kappa shape index (κ3) is 2.87. The number of imide groups is 1. The monoisotopic (exact) mass is 309 g/mol. The van der Waals surface area contributed by atoms with E-state index in [2.05, 4.69) is 0 Å². The number of carbonyl (C=O) groups is 3. The molecule has 6 nitrogen and oxygen atoms in total. The van der Waals surface area contributed by atoms with Crippen LogP contribution in [-0.4, -0.2) is 41.6 Å². The van der Waals surface area contributed by atoms with E-state index in [1.54, 1.807) is 33.8 Å². The fourth-order valence-electron chi connectivity index (χ4n) is 3.02. The number of nitrogens with zero attached hydrogens (tertiary/aromatic N) is 1. The number of hydrogen-bond donors (Lipinski definition) is 0. The second-order valence-electron chi connectivity index (χ2n) is 6.65. The molecule has 0 aromatic rings. The molecule has 0 bridgehead atoms. The molecule has 0 saturated carbocycles. The van der Waals surface area contributed by atoms with Gasteiger partial charge in [0.05, 0.1) is 12.0 Å². The third-order valence-electron chi connectivity index (χ3n) is 3.96. The molecule has 1 spiro atoms. The standard InChI is InChI=1S/C16H23NO5/c1-5-21-12(18)11-7-6-8-16(11)9-10-17(13(16)19)14(20)22-15(2,3)4/h7H,5-6,8-10H2,1-4H3/t16-/m0/s1. The summed E-state index contributed by atoms with van der Waals surface area (Å²) in [7, 11) is 0. The van der Waals surface area contributed by atoms with Crippen LogP contribution in [0.25, 0.3) is 0 Å². The molecule has 1 aliphatic heterocycles. The van der Waals surface area contributed by atoms with Gasteiger partial charge in [-0.1, -0.05) is 6.08 Å². The number of hydrogen-bond acceptors (Lipinski definition) is 5. The first kappa shape index (κ1) is 16.5. The van der Waals surface area contributed by atoms with Crippen molar-refractivity contribution in [2.45, 2.75) is 52.6 Å². The maximum absolute atomic E-state index is 12.8. The van der Waals surface area contributed by atoms with E-state index in [0.29, 0.717) is 24.8 Å². The van der Waals surface area contributed by atoms with Crippen LogP contribution in [0.3, 0.4) is 0 Å². The van der Waals surface area contributed by atoms with Crippen LogP contribution in [0.15, 0.2) is 11.6 Å². The van der Waals surface area contributed by atoms with Crippen molar-refractivity contribution in [1.82, 2.24) is 4.90 Å². The van der Waals surface area contributed by atoms with Crippen LogP contribution in [0.2, 0.25) is 0 Å². The molecule has 2 aliphatic rings. The fraction of sp³-hybridized carbons (Fsp3) is 0.688. The van der Waals surface area contributed by atoms with Gasteiger partial charge in [0, 0.05) is 12.1 Å². The van der Waals surface area contributed by atoms with Crippen LogP contribution in [0.5, 0.6) is 0 Å². The van der Waals surface area contributed by atoms with Gasteiger partial charge in [0.15, 0.2) is 0 Å². The SMILES string of the molecule is CCOC(=O)C1=CCC[C@]12CCN(C(=O)OC(C)(C)C)C2=O.